The van der Waals surface area contributed by atoms with Crippen LogP contribution in [0.1, 0.15) is 49.1 Å². The molecule has 0 spiro atoms. The molecule has 6 heteroatoms. The summed E-state index contributed by atoms with van der Waals surface area (Å²) in [5.74, 6) is -0.334. The summed E-state index contributed by atoms with van der Waals surface area (Å²) < 4.78 is 9.65. The standard InChI is InChI=1S/C10H13N3O3/c1-3-15-10(14)8-12-9(16-13-8)7(2)5-4-6-11/h7H,3-5H2,1-2H3. The molecule has 1 rings (SSSR count). The van der Waals surface area contributed by atoms with E-state index in [1.807, 2.05) is 13.0 Å². The molecular weight excluding hydrogens is 210 g/mol. The number of hydrogen-bond acceptors (Lipinski definition) is 6. The van der Waals surface area contributed by atoms with Crippen LogP contribution in [0.15, 0.2) is 4.52 Å². The molecule has 1 aromatic rings. The number of ether oxygens (including phenoxy) is 1. The van der Waals surface area contributed by atoms with Gasteiger partial charge in [-0.05, 0) is 18.5 Å². The highest BCUT2D eigenvalue weighted by Gasteiger charge is 2.19. The van der Waals surface area contributed by atoms with Crippen LogP contribution in [0.25, 0.3) is 0 Å². The van der Waals surface area contributed by atoms with Gasteiger partial charge in [-0.25, -0.2) is 4.79 Å². The van der Waals surface area contributed by atoms with Crippen molar-refractivity contribution in [3.05, 3.63) is 11.7 Å². The van der Waals surface area contributed by atoms with Gasteiger partial charge in [0, 0.05) is 12.3 Å². The first-order chi connectivity index (χ1) is 7.69. The summed E-state index contributed by atoms with van der Waals surface area (Å²) >= 11 is 0. The van der Waals surface area contributed by atoms with Crippen molar-refractivity contribution in [2.45, 2.75) is 32.6 Å². The first-order valence-corrected chi connectivity index (χ1v) is 5.06. The molecule has 16 heavy (non-hydrogen) atoms. The van der Waals surface area contributed by atoms with E-state index in [9.17, 15) is 4.79 Å². The predicted octanol–water partition coefficient (Wildman–Crippen LogP) is 1.65. The van der Waals surface area contributed by atoms with E-state index in [2.05, 4.69) is 10.1 Å². The summed E-state index contributed by atoms with van der Waals surface area (Å²) in [6, 6.07) is 2.04. The number of carbonyl (C=O) groups is 1. The van der Waals surface area contributed by atoms with Gasteiger partial charge in [-0.1, -0.05) is 6.92 Å². The fourth-order valence-electron chi connectivity index (χ4n) is 1.12. The van der Waals surface area contributed by atoms with Gasteiger partial charge in [0.2, 0.25) is 5.89 Å². The van der Waals surface area contributed by atoms with Gasteiger partial charge < -0.3 is 9.26 Å². The van der Waals surface area contributed by atoms with Gasteiger partial charge in [-0.2, -0.15) is 10.2 Å². The van der Waals surface area contributed by atoms with Crippen molar-refractivity contribution in [3.8, 4) is 6.07 Å². The molecule has 1 heterocycles. The van der Waals surface area contributed by atoms with Gasteiger partial charge in [0.15, 0.2) is 0 Å². The number of carbonyl (C=O) groups excluding carboxylic acids is 1. The number of nitrogens with zero attached hydrogens (tertiary/aromatic N) is 3. The van der Waals surface area contributed by atoms with Crippen LogP contribution < -0.4 is 0 Å². The fourth-order valence-corrected chi connectivity index (χ4v) is 1.12. The maximum Gasteiger partial charge on any atom is 0.379 e. The van der Waals surface area contributed by atoms with E-state index in [1.54, 1.807) is 6.92 Å². The Hall–Kier alpha value is -1.90. The quantitative estimate of drug-likeness (QED) is 0.705. The molecule has 1 unspecified atom stereocenters. The van der Waals surface area contributed by atoms with Crippen molar-refractivity contribution < 1.29 is 14.1 Å². The number of aromatic nitrogens is 2. The third-order valence-corrected chi connectivity index (χ3v) is 2.01. The monoisotopic (exact) mass is 223 g/mol. The zero-order valence-corrected chi connectivity index (χ0v) is 9.27. The van der Waals surface area contributed by atoms with E-state index in [4.69, 9.17) is 14.5 Å². The van der Waals surface area contributed by atoms with E-state index in [1.165, 1.54) is 0 Å². The molecule has 6 nitrogen and oxygen atoms in total. The molecule has 0 bridgehead atoms. The van der Waals surface area contributed by atoms with Crippen LogP contribution in [0.3, 0.4) is 0 Å². The Labute approximate surface area is 93.2 Å². The van der Waals surface area contributed by atoms with Gasteiger partial charge >= 0.3 is 5.97 Å². The summed E-state index contributed by atoms with van der Waals surface area (Å²) in [7, 11) is 0. The molecular formula is C10H13N3O3. The summed E-state index contributed by atoms with van der Waals surface area (Å²) in [5, 5.41) is 12.0. The molecule has 0 aliphatic heterocycles. The van der Waals surface area contributed by atoms with Crippen molar-refractivity contribution >= 4 is 5.97 Å². The topological polar surface area (TPSA) is 89.0 Å². The van der Waals surface area contributed by atoms with Gasteiger partial charge in [-0.15, -0.1) is 0 Å². The zero-order valence-electron chi connectivity index (χ0n) is 9.27. The minimum absolute atomic E-state index is 0.0321. The number of nitriles is 1. The Morgan fingerprint density at radius 3 is 3.06 bits per heavy atom. The maximum atomic E-state index is 11.2. The maximum absolute atomic E-state index is 11.2. The second-order valence-electron chi connectivity index (χ2n) is 3.27. The molecule has 0 aromatic carbocycles. The van der Waals surface area contributed by atoms with Gasteiger partial charge in [0.25, 0.3) is 5.82 Å². The minimum Gasteiger partial charge on any atom is -0.460 e. The van der Waals surface area contributed by atoms with Crippen molar-refractivity contribution in [2.24, 2.45) is 0 Å². The van der Waals surface area contributed by atoms with Crippen molar-refractivity contribution in [1.29, 1.82) is 5.26 Å². The van der Waals surface area contributed by atoms with Crippen LogP contribution in [0.5, 0.6) is 0 Å². The summed E-state index contributed by atoms with van der Waals surface area (Å²) in [4.78, 5) is 15.2. The van der Waals surface area contributed by atoms with E-state index in [-0.39, 0.29) is 18.3 Å². The van der Waals surface area contributed by atoms with Crippen molar-refractivity contribution in [3.63, 3.8) is 0 Å². The van der Waals surface area contributed by atoms with E-state index >= 15 is 0 Å². The van der Waals surface area contributed by atoms with Crippen LogP contribution in [0.4, 0.5) is 0 Å². The Bertz CT molecular complexity index is 394. The smallest absolute Gasteiger partial charge is 0.379 e. The second-order valence-corrected chi connectivity index (χ2v) is 3.27. The lowest BCUT2D eigenvalue weighted by Gasteiger charge is -2.00. The second kappa shape index (κ2) is 5.85. The van der Waals surface area contributed by atoms with Crippen molar-refractivity contribution in [1.82, 2.24) is 10.1 Å². The Balaban J connectivity index is 2.64. The summed E-state index contributed by atoms with van der Waals surface area (Å²) in [5.41, 5.74) is 0. The molecule has 1 aromatic heterocycles. The number of rotatable bonds is 5. The molecule has 0 aliphatic rings. The molecule has 1 atom stereocenters. The highest BCUT2D eigenvalue weighted by molar-refractivity contribution is 5.84. The van der Waals surface area contributed by atoms with E-state index in [0.717, 1.165) is 0 Å². The Morgan fingerprint density at radius 1 is 1.69 bits per heavy atom. The third-order valence-electron chi connectivity index (χ3n) is 2.01. The largest absolute Gasteiger partial charge is 0.460 e. The SMILES string of the molecule is CCOC(=O)c1noc(C(C)CCC#N)n1. The fraction of sp³-hybridized carbons (Fsp3) is 0.600. The average molecular weight is 223 g/mol. The predicted molar refractivity (Wildman–Crippen MR) is 53.5 cm³/mol. The van der Waals surface area contributed by atoms with Crippen LogP contribution in [0.2, 0.25) is 0 Å². The minimum atomic E-state index is -0.593. The van der Waals surface area contributed by atoms with Crippen LogP contribution in [0, 0.1) is 11.3 Å². The Morgan fingerprint density at radius 2 is 2.44 bits per heavy atom. The van der Waals surface area contributed by atoms with Gasteiger partial charge in [0.1, 0.15) is 0 Å². The first-order valence-electron chi connectivity index (χ1n) is 5.06. The van der Waals surface area contributed by atoms with Gasteiger partial charge in [-0.3, -0.25) is 0 Å². The van der Waals surface area contributed by atoms with E-state index < -0.39 is 5.97 Å². The molecule has 0 fully saturated rings. The molecule has 0 saturated carbocycles. The Kier molecular flexibility index (Phi) is 4.45. The first kappa shape index (κ1) is 12.2. The highest BCUT2D eigenvalue weighted by Crippen LogP contribution is 2.18. The number of esters is 1. The lowest BCUT2D eigenvalue weighted by Crippen LogP contribution is -2.07. The molecule has 0 saturated heterocycles. The van der Waals surface area contributed by atoms with E-state index in [0.29, 0.717) is 18.7 Å². The van der Waals surface area contributed by atoms with Gasteiger partial charge in [0.05, 0.1) is 12.7 Å². The van der Waals surface area contributed by atoms with Crippen LogP contribution in [-0.2, 0) is 4.74 Å². The average Bonchev–Trinajstić information content (AvgIpc) is 2.75. The lowest BCUT2D eigenvalue weighted by atomic mass is 10.1. The summed E-state index contributed by atoms with van der Waals surface area (Å²) in [6.45, 7) is 3.83. The number of hydrogen-bond donors (Lipinski definition) is 0. The molecule has 0 aliphatic carbocycles. The van der Waals surface area contributed by atoms with Crippen LogP contribution >= 0.6 is 0 Å². The molecule has 0 radical (unpaired) electrons. The lowest BCUT2D eigenvalue weighted by molar-refractivity contribution is 0.0508. The summed E-state index contributed by atoms with van der Waals surface area (Å²) in [6.07, 6.45) is 1.04. The normalized spacial score (nSPS) is 11.8. The molecule has 0 amide bonds. The highest BCUT2D eigenvalue weighted by atomic mass is 16.5. The third kappa shape index (κ3) is 3.05. The van der Waals surface area contributed by atoms with Crippen molar-refractivity contribution in [2.75, 3.05) is 6.61 Å². The van der Waals surface area contributed by atoms with Crippen LogP contribution in [-0.4, -0.2) is 22.7 Å². The molecule has 86 valence electrons. The molecule has 0 N–H and O–H groups in total. The zero-order chi connectivity index (χ0) is 12.0.